The Labute approximate surface area is 121 Å². The van der Waals surface area contributed by atoms with Crippen LogP contribution in [-0.4, -0.2) is 36.3 Å². The van der Waals surface area contributed by atoms with Crippen molar-refractivity contribution >= 4 is 5.82 Å². The predicted octanol–water partition coefficient (Wildman–Crippen LogP) is 2.58. The van der Waals surface area contributed by atoms with Gasteiger partial charge in [0.15, 0.2) is 0 Å². The van der Waals surface area contributed by atoms with E-state index in [1.807, 2.05) is 6.92 Å². The smallest absolute Gasteiger partial charge is 0.221 e. The third kappa shape index (κ3) is 3.82. The molecule has 5 nitrogen and oxygen atoms in total. The highest BCUT2D eigenvalue weighted by Gasteiger charge is 2.18. The SMILES string of the molecule is CCCNc1nc(CC)nc(OCC2CCOC2)c1C. The van der Waals surface area contributed by atoms with Crippen LogP contribution in [0.3, 0.4) is 0 Å². The Kier molecular flexibility index (Phi) is 5.59. The standard InChI is InChI=1S/C15H25N3O2/c1-4-7-16-14-11(3)15(18-13(5-2)17-14)20-10-12-6-8-19-9-12/h12H,4-10H2,1-3H3,(H,16,17,18). The van der Waals surface area contributed by atoms with E-state index >= 15 is 0 Å². The maximum atomic E-state index is 5.91. The molecular weight excluding hydrogens is 254 g/mol. The number of ether oxygens (including phenoxy) is 2. The molecule has 1 fully saturated rings. The summed E-state index contributed by atoms with van der Waals surface area (Å²) in [5, 5.41) is 3.35. The lowest BCUT2D eigenvalue weighted by molar-refractivity contribution is 0.165. The van der Waals surface area contributed by atoms with Crippen molar-refractivity contribution in [1.82, 2.24) is 9.97 Å². The van der Waals surface area contributed by atoms with Gasteiger partial charge in [0.2, 0.25) is 5.88 Å². The van der Waals surface area contributed by atoms with Gasteiger partial charge in [0.25, 0.3) is 0 Å². The lowest BCUT2D eigenvalue weighted by Gasteiger charge is -2.15. The number of nitrogens with zero attached hydrogens (tertiary/aromatic N) is 2. The van der Waals surface area contributed by atoms with E-state index in [1.54, 1.807) is 0 Å². The van der Waals surface area contributed by atoms with Gasteiger partial charge in [-0.1, -0.05) is 13.8 Å². The molecule has 1 aromatic heterocycles. The van der Waals surface area contributed by atoms with Gasteiger partial charge in [0, 0.05) is 25.5 Å². The summed E-state index contributed by atoms with van der Waals surface area (Å²) < 4.78 is 11.3. The fraction of sp³-hybridized carbons (Fsp3) is 0.733. The van der Waals surface area contributed by atoms with Gasteiger partial charge in [-0.25, -0.2) is 4.98 Å². The molecule has 0 aromatic carbocycles. The lowest BCUT2D eigenvalue weighted by Crippen LogP contribution is -2.15. The number of anilines is 1. The first kappa shape index (κ1) is 15.0. The van der Waals surface area contributed by atoms with Crippen molar-refractivity contribution in [2.75, 3.05) is 31.7 Å². The first-order valence-corrected chi connectivity index (χ1v) is 7.56. The summed E-state index contributed by atoms with van der Waals surface area (Å²) in [4.78, 5) is 9.05. The second-order valence-electron chi connectivity index (χ2n) is 5.24. The first-order valence-electron chi connectivity index (χ1n) is 7.56. The van der Waals surface area contributed by atoms with Gasteiger partial charge in [-0.05, 0) is 19.8 Å². The van der Waals surface area contributed by atoms with Crippen molar-refractivity contribution in [3.63, 3.8) is 0 Å². The molecule has 2 heterocycles. The zero-order chi connectivity index (χ0) is 14.4. The van der Waals surface area contributed by atoms with Crippen molar-refractivity contribution in [2.45, 2.75) is 40.0 Å². The molecule has 5 heteroatoms. The van der Waals surface area contributed by atoms with Gasteiger partial charge in [0.1, 0.15) is 11.6 Å². The summed E-state index contributed by atoms with van der Waals surface area (Å²) in [6.45, 7) is 9.44. The average molecular weight is 279 g/mol. The first-order chi connectivity index (χ1) is 9.74. The quantitative estimate of drug-likeness (QED) is 0.831. The largest absolute Gasteiger partial charge is 0.477 e. The van der Waals surface area contributed by atoms with E-state index in [0.717, 1.165) is 56.2 Å². The van der Waals surface area contributed by atoms with Gasteiger partial charge in [0.05, 0.1) is 18.8 Å². The van der Waals surface area contributed by atoms with E-state index in [0.29, 0.717) is 18.4 Å². The topological polar surface area (TPSA) is 56.3 Å². The van der Waals surface area contributed by atoms with E-state index < -0.39 is 0 Å². The van der Waals surface area contributed by atoms with Gasteiger partial charge >= 0.3 is 0 Å². The van der Waals surface area contributed by atoms with E-state index in [-0.39, 0.29) is 0 Å². The number of hydrogen-bond donors (Lipinski definition) is 1. The maximum Gasteiger partial charge on any atom is 0.221 e. The molecule has 1 atom stereocenters. The summed E-state index contributed by atoms with van der Waals surface area (Å²) in [6.07, 6.45) is 2.95. The van der Waals surface area contributed by atoms with Crippen molar-refractivity contribution in [3.05, 3.63) is 11.4 Å². The van der Waals surface area contributed by atoms with E-state index in [4.69, 9.17) is 9.47 Å². The molecule has 20 heavy (non-hydrogen) atoms. The predicted molar refractivity (Wildman–Crippen MR) is 79.3 cm³/mol. The Bertz CT molecular complexity index is 431. The molecule has 0 spiro atoms. The van der Waals surface area contributed by atoms with Crippen LogP contribution in [0.25, 0.3) is 0 Å². The minimum Gasteiger partial charge on any atom is -0.477 e. The summed E-state index contributed by atoms with van der Waals surface area (Å²) in [5.41, 5.74) is 0.995. The van der Waals surface area contributed by atoms with Crippen LogP contribution in [0, 0.1) is 12.8 Å². The molecule has 0 aliphatic carbocycles. The zero-order valence-electron chi connectivity index (χ0n) is 12.7. The molecule has 1 saturated heterocycles. The second-order valence-corrected chi connectivity index (χ2v) is 5.24. The van der Waals surface area contributed by atoms with E-state index in [1.165, 1.54) is 0 Å². The van der Waals surface area contributed by atoms with E-state index in [2.05, 4.69) is 29.1 Å². The molecular formula is C15H25N3O2. The lowest BCUT2D eigenvalue weighted by atomic mass is 10.1. The Morgan fingerprint density at radius 2 is 2.20 bits per heavy atom. The van der Waals surface area contributed by atoms with Crippen LogP contribution in [-0.2, 0) is 11.2 Å². The molecule has 1 aliphatic rings. The Morgan fingerprint density at radius 3 is 2.85 bits per heavy atom. The van der Waals surface area contributed by atoms with Crippen LogP contribution in [0.15, 0.2) is 0 Å². The summed E-state index contributed by atoms with van der Waals surface area (Å²) in [6, 6.07) is 0. The number of nitrogens with one attached hydrogen (secondary N) is 1. The molecule has 1 unspecified atom stereocenters. The van der Waals surface area contributed by atoms with Crippen molar-refractivity contribution < 1.29 is 9.47 Å². The molecule has 0 bridgehead atoms. The third-order valence-electron chi connectivity index (χ3n) is 3.49. The molecule has 0 amide bonds. The summed E-state index contributed by atoms with van der Waals surface area (Å²) in [7, 11) is 0. The minimum atomic E-state index is 0.487. The zero-order valence-corrected chi connectivity index (χ0v) is 12.7. The van der Waals surface area contributed by atoms with Crippen LogP contribution < -0.4 is 10.1 Å². The highest BCUT2D eigenvalue weighted by molar-refractivity contribution is 5.48. The monoisotopic (exact) mass is 279 g/mol. The fourth-order valence-corrected chi connectivity index (χ4v) is 2.17. The van der Waals surface area contributed by atoms with Crippen molar-refractivity contribution in [2.24, 2.45) is 5.92 Å². The normalized spacial score (nSPS) is 18.2. The summed E-state index contributed by atoms with van der Waals surface area (Å²) >= 11 is 0. The molecule has 1 aliphatic heterocycles. The maximum absolute atomic E-state index is 5.91. The number of aryl methyl sites for hydroxylation is 1. The number of hydrogen-bond acceptors (Lipinski definition) is 5. The fourth-order valence-electron chi connectivity index (χ4n) is 2.17. The minimum absolute atomic E-state index is 0.487. The van der Waals surface area contributed by atoms with Crippen LogP contribution in [0.2, 0.25) is 0 Å². The summed E-state index contributed by atoms with van der Waals surface area (Å²) in [5.74, 6) is 2.92. The Hall–Kier alpha value is -1.36. The highest BCUT2D eigenvalue weighted by Crippen LogP contribution is 2.24. The molecule has 1 N–H and O–H groups in total. The molecule has 112 valence electrons. The van der Waals surface area contributed by atoms with Crippen LogP contribution in [0.1, 0.15) is 38.1 Å². The van der Waals surface area contributed by atoms with Crippen molar-refractivity contribution in [1.29, 1.82) is 0 Å². The molecule has 1 aromatic rings. The molecule has 2 rings (SSSR count). The van der Waals surface area contributed by atoms with Gasteiger partial charge in [-0.2, -0.15) is 4.98 Å². The van der Waals surface area contributed by atoms with Gasteiger partial charge in [-0.15, -0.1) is 0 Å². The van der Waals surface area contributed by atoms with Crippen molar-refractivity contribution in [3.8, 4) is 5.88 Å². The second kappa shape index (κ2) is 7.43. The highest BCUT2D eigenvalue weighted by atomic mass is 16.5. The number of aromatic nitrogens is 2. The van der Waals surface area contributed by atoms with Gasteiger partial charge < -0.3 is 14.8 Å². The average Bonchev–Trinajstić information content (AvgIpc) is 2.98. The van der Waals surface area contributed by atoms with Gasteiger partial charge in [-0.3, -0.25) is 0 Å². The van der Waals surface area contributed by atoms with Crippen LogP contribution in [0.4, 0.5) is 5.82 Å². The molecule has 0 saturated carbocycles. The Morgan fingerprint density at radius 1 is 1.35 bits per heavy atom. The third-order valence-corrected chi connectivity index (χ3v) is 3.49. The van der Waals surface area contributed by atoms with E-state index in [9.17, 15) is 0 Å². The van der Waals surface area contributed by atoms with Crippen LogP contribution >= 0.6 is 0 Å². The molecule has 0 radical (unpaired) electrons. The van der Waals surface area contributed by atoms with Crippen LogP contribution in [0.5, 0.6) is 5.88 Å². The number of rotatable bonds is 7. The Balaban J connectivity index is 2.08.